The van der Waals surface area contributed by atoms with Gasteiger partial charge in [0, 0.05) is 25.0 Å². The second-order valence-corrected chi connectivity index (χ2v) is 8.69. The topological polar surface area (TPSA) is 105 Å². The highest BCUT2D eigenvalue weighted by Crippen LogP contribution is 2.31. The number of carbonyl (C=O) groups is 1. The highest BCUT2D eigenvalue weighted by molar-refractivity contribution is 8.01. The zero-order chi connectivity index (χ0) is 22.4. The number of methoxy groups -OCH3 is 1. The summed E-state index contributed by atoms with van der Waals surface area (Å²) in [4.78, 5) is 12.6. The summed E-state index contributed by atoms with van der Waals surface area (Å²) < 4.78 is 20.7. The molecule has 3 rings (SSSR count). The molecule has 1 amide bonds. The van der Waals surface area contributed by atoms with E-state index in [1.807, 2.05) is 13.8 Å². The third kappa shape index (κ3) is 5.41. The predicted octanol–water partition coefficient (Wildman–Crippen LogP) is 3.75. The molecule has 0 unspecified atom stereocenters. The standard InChI is InChI=1S/C20H21FN6O2S2/c1-12-13(2)27(15-6-4-14(21)5-7-15)18(16(12)10-22)24-17(28)11-30-20-26-25-19(31-20)23-8-9-29-3/h4-7H,8-9,11H2,1-3H3,(H,23,25)(H,24,28). The third-order valence-corrected chi connectivity index (χ3v) is 6.50. The molecule has 0 saturated heterocycles. The predicted molar refractivity (Wildman–Crippen MR) is 120 cm³/mol. The van der Waals surface area contributed by atoms with Gasteiger partial charge in [0.25, 0.3) is 0 Å². The van der Waals surface area contributed by atoms with Crippen LogP contribution in [0.25, 0.3) is 5.69 Å². The molecule has 0 spiro atoms. The first-order chi connectivity index (χ1) is 14.9. The molecule has 1 aromatic carbocycles. The number of amides is 1. The lowest BCUT2D eigenvalue weighted by Gasteiger charge is -2.13. The lowest BCUT2D eigenvalue weighted by atomic mass is 10.2. The molecule has 11 heteroatoms. The summed E-state index contributed by atoms with van der Waals surface area (Å²) in [7, 11) is 1.62. The number of halogens is 1. The Labute approximate surface area is 187 Å². The maximum atomic E-state index is 13.4. The first-order valence-electron chi connectivity index (χ1n) is 9.31. The molecule has 31 heavy (non-hydrogen) atoms. The summed E-state index contributed by atoms with van der Waals surface area (Å²) in [5, 5.41) is 24.3. The number of nitriles is 1. The molecule has 0 radical (unpaired) electrons. The fraction of sp³-hybridized carbons (Fsp3) is 0.300. The highest BCUT2D eigenvalue weighted by Gasteiger charge is 2.21. The summed E-state index contributed by atoms with van der Waals surface area (Å²) in [5.41, 5.74) is 2.58. The maximum Gasteiger partial charge on any atom is 0.235 e. The van der Waals surface area contributed by atoms with Gasteiger partial charge in [0.2, 0.25) is 11.0 Å². The van der Waals surface area contributed by atoms with Gasteiger partial charge < -0.3 is 15.4 Å². The average Bonchev–Trinajstić information content (AvgIpc) is 3.30. The number of hydrogen-bond acceptors (Lipinski definition) is 8. The van der Waals surface area contributed by atoms with Gasteiger partial charge >= 0.3 is 0 Å². The van der Waals surface area contributed by atoms with Crippen LogP contribution in [-0.2, 0) is 9.53 Å². The van der Waals surface area contributed by atoms with Crippen molar-refractivity contribution in [2.24, 2.45) is 0 Å². The Balaban J connectivity index is 1.73. The van der Waals surface area contributed by atoms with Crippen LogP contribution in [0.2, 0.25) is 0 Å². The Morgan fingerprint density at radius 2 is 2.06 bits per heavy atom. The Bertz CT molecular complexity index is 1100. The van der Waals surface area contributed by atoms with Crippen LogP contribution in [0.15, 0.2) is 28.6 Å². The van der Waals surface area contributed by atoms with Crippen molar-refractivity contribution in [2.45, 2.75) is 18.2 Å². The molecule has 2 N–H and O–H groups in total. The van der Waals surface area contributed by atoms with Crippen LogP contribution in [-0.4, -0.2) is 46.7 Å². The van der Waals surface area contributed by atoms with Gasteiger partial charge in [-0.1, -0.05) is 23.1 Å². The SMILES string of the molecule is COCCNc1nnc(SCC(=O)Nc2c(C#N)c(C)c(C)n2-c2ccc(F)cc2)s1. The third-order valence-electron chi connectivity index (χ3n) is 4.48. The second kappa shape index (κ2) is 10.4. The van der Waals surface area contributed by atoms with Crippen LogP contribution >= 0.6 is 23.1 Å². The van der Waals surface area contributed by atoms with Gasteiger partial charge in [-0.25, -0.2) is 4.39 Å². The molecule has 8 nitrogen and oxygen atoms in total. The van der Waals surface area contributed by atoms with E-state index in [1.165, 1.54) is 35.2 Å². The van der Waals surface area contributed by atoms with Crippen molar-refractivity contribution in [3.05, 3.63) is 46.9 Å². The summed E-state index contributed by atoms with van der Waals surface area (Å²) >= 11 is 2.60. The number of hydrogen-bond donors (Lipinski definition) is 2. The Kier molecular flexibility index (Phi) is 7.62. The van der Waals surface area contributed by atoms with E-state index in [0.717, 1.165) is 11.3 Å². The number of aromatic nitrogens is 3. The lowest BCUT2D eigenvalue weighted by Crippen LogP contribution is -2.17. The monoisotopic (exact) mass is 460 g/mol. The molecule has 0 aliphatic heterocycles. The molecular weight excluding hydrogens is 439 g/mol. The minimum Gasteiger partial charge on any atom is -0.383 e. The van der Waals surface area contributed by atoms with Gasteiger partial charge in [0.05, 0.1) is 17.9 Å². The van der Waals surface area contributed by atoms with Crippen molar-refractivity contribution in [3.8, 4) is 11.8 Å². The number of rotatable bonds is 9. The van der Waals surface area contributed by atoms with Crippen molar-refractivity contribution in [1.29, 1.82) is 5.26 Å². The minimum absolute atomic E-state index is 0.101. The molecule has 0 aliphatic rings. The van der Waals surface area contributed by atoms with Crippen LogP contribution in [0.1, 0.15) is 16.8 Å². The lowest BCUT2D eigenvalue weighted by molar-refractivity contribution is -0.113. The average molecular weight is 461 g/mol. The largest absolute Gasteiger partial charge is 0.383 e. The quantitative estimate of drug-likeness (QED) is 0.370. The van der Waals surface area contributed by atoms with Gasteiger partial charge in [0.1, 0.15) is 17.7 Å². The molecule has 0 fully saturated rings. The second-order valence-electron chi connectivity index (χ2n) is 6.49. The number of ether oxygens (including phenoxy) is 1. The number of anilines is 2. The van der Waals surface area contributed by atoms with Gasteiger partial charge in [-0.2, -0.15) is 5.26 Å². The van der Waals surface area contributed by atoms with Gasteiger partial charge in [-0.05, 0) is 43.7 Å². The molecule has 162 valence electrons. The molecule has 2 heterocycles. The van der Waals surface area contributed by atoms with Crippen LogP contribution in [0, 0.1) is 31.0 Å². The van der Waals surface area contributed by atoms with E-state index in [-0.39, 0.29) is 17.5 Å². The van der Waals surface area contributed by atoms with Gasteiger partial charge in [0.15, 0.2) is 4.34 Å². The molecular formula is C20H21FN6O2S2. The van der Waals surface area contributed by atoms with E-state index in [4.69, 9.17) is 4.74 Å². The molecule has 0 bridgehead atoms. The van der Waals surface area contributed by atoms with Crippen molar-refractivity contribution in [2.75, 3.05) is 36.6 Å². The van der Waals surface area contributed by atoms with Gasteiger partial charge in [-0.3, -0.25) is 9.36 Å². The molecule has 3 aromatic rings. The summed E-state index contributed by atoms with van der Waals surface area (Å²) in [6.45, 7) is 4.84. The van der Waals surface area contributed by atoms with E-state index in [9.17, 15) is 14.4 Å². The van der Waals surface area contributed by atoms with Crippen molar-refractivity contribution in [3.63, 3.8) is 0 Å². The first kappa shape index (κ1) is 22.7. The van der Waals surface area contributed by atoms with E-state index >= 15 is 0 Å². The Hall–Kier alpha value is -2.94. The molecule has 0 atom stereocenters. The van der Waals surface area contributed by atoms with E-state index < -0.39 is 0 Å². The van der Waals surface area contributed by atoms with Crippen LogP contribution in [0.3, 0.4) is 0 Å². The van der Waals surface area contributed by atoms with E-state index in [2.05, 4.69) is 26.9 Å². The van der Waals surface area contributed by atoms with Crippen LogP contribution in [0.4, 0.5) is 15.3 Å². The zero-order valence-corrected chi connectivity index (χ0v) is 18.9. The van der Waals surface area contributed by atoms with Crippen molar-refractivity contribution < 1.29 is 13.9 Å². The molecule has 2 aromatic heterocycles. The normalized spacial score (nSPS) is 10.7. The van der Waals surface area contributed by atoms with Crippen molar-refractivity contribution in [1.82, 2.24) is 14.8 Å². The zero-order valence-electron chi connectivity index (χ0n) is 17.2. The van der Waals surface area contributed by atoms with Crippen LogP contribution < -0.4 is 10.6 Å². The number of nitrogens with one attached hydrogen (secondary N) is 2. The number of nitrogens with zero attached hydrogens (tertiary/aromatic N) is 4. The smallest absolute Gasteiger partial charge is 0.235 e. The number of thioether (sulfide) groups is 1. The minimum atomic E-state index is -0.360. The summed E-state index contributed by atoms with van der Waals surface area (Å²) in [5.74, 6) is -0.175. The molecule has 0 aliphatic carbocycles. The fourth-order valence-electron chi connectivity index (χ4n) is 2.87. The van der Waals surface area contributed by atoms with E-state index in [0.29, 0.717) is 39.7 Å². The Morgan fingerprint density at radius 3 is 2.74 bits per heavy atom. The highest BCUT2D eigenvalue weighted by atomic mass is 32.2. The fourth-order valence-corrected chi connectivity index (χ4v) is 4.45. The van der Waals surface area contributed by atoms with E-state index in [1.54, 1.807) is 23.8 Å². The van der Waals surface area contributed by atoms with Crippen LogP contribution in [0.5, 0.6) is 0 Å². The first-order valence-corrected chi connectivity index (χ1v) is 11.1. The maximum absolute atomic E-state index is 13.4. The number of benzene rings is 1. The summed E-state index contributed by atoms with van der Waals surface area (Å²) in [6.07, 6.45) is 0. The van der Waals surface area contributed by atoms with Gasteiger partial charge in [-0.15, -0.1) is 10.2 Å². The summed E-state index contributed by atoms with van der Waals surface area (Å²) in [6, 6.07) is 8.04. The Morgan fingerprint density at radius 1 is 1.32 bits per heavy atom. The number of carbonyl (C=O) groups excluding carboxylic acids is 1. The van der Waals surface area contributed by atoms with Crippen molar-refractivity contribution >= 4 is 40.0 Å². The molecule has 0 saturated carbocycles.